The van der Waals surface area contributed by atoms with Gasteiger partial charge in [0.25, 0.3) is 0 Å². The van der Waals surface area contributed by atoms with Gasteiger partial charge >= 0.3 is 0 Å². The molecule has 0 saturated heterocycles. The molecule has 1 aliphatic rings. The van der Waals surface area contributed by atoms with Crippen molar-refractivity contribution in [2.24, 2.45) is 0 Å². The van der Waals surface area contributed by atoms with Crippen molar-refractivity contribution in [3.8, 4) is 0 Å². The fourth-order valence-electron chi connectivity index (χ4n) is 2.19. The Bertz CT molecular complexity index is 470. The summed E-state index contributed by atoms with van der Waals surface area (Å²) in [6.45, 7) is 1.17. The van der Waals surface area contributed by atoms with Crippen LogP contribution in [0.1, 0.15) is 12.1 Å². The molecule has 0 N–H and O–H groups in total. The highest BCUT2D eigenvalue weighted by atomic mass is 35.5. The van der Waals surface area contributed by atoms with E-state index in [2.05, 4.69) is 16.7 Å². The van der Waals surface area contributed by atoms with Crippen LogP contribution in [-0.2, 0) is 13.0 Å². The minimum absolute atomic E-state index is 0.830. The van der Waals surface area contributed by atoms with Crippen molar-refractivity contribution in [2.75, 3.05) is 0 Å². The van der Waals surface area contributed by atoms with E-state index in [0.717, 1.165) is 5.02 Å². The average molecular weight is 192 g/mol. The first-order valence-corrected chi connectivity index (χ1v) is 5.00. The summed E-state index contributed by atoms with van der Waals surface area (Å²) in [4.78, 5) is 0. The molecular weight excluding hydrogens is 182 g/mol. The molecule has 0 radical (unpaired) electrons. The van der Waals surface area contributed by atoms with E-state index in [0.29, 0.717) is 0 Å². The van der Waals surface area contributed by atoms with Crippen LogP contribution in [0.15, 0.2) is 24.3 Å². The minimum Gasteiger partial charge on any atom is -0.345 e. The lowest BCUT2D eigenvalue weighted by molar-refractivity contribution is 0.772. The van der Waals surface area contributed by atoms with Crippen LogP contribution in [-0.4, -0.2) is 4.57 Å². The molecule has 0 atom stereocenters. The van der Waals surface area contributed by atoms with Gasteiger partial charge in [0.2, 0.25) is 0 Å². The molecule has 0 unspecified atom stereocenters. The van der Waals surface area contributed by atoms with Crippen molar-refractivity contribution < 1.29 is 0 Å². The average Bonchev–Trinajstić information content (AvgIpc) is 2.62. The fraction of sp³-hybridized carbons (Fsp3) is 0.273. The van der Waals surface area contributed by atoms with Gasteiger partial charge in [0, 0.05) is 28.2 Å². The van der Waals surface area contributed by atoms with E-state index in [-0.39, 0.29) is 0 Å². The summed E-state index contributed by atoms with van der Waals surface area (Å²) in [7, 11) is 0. The van der Waals surface area contributed by atoms with Crippen molar-refractivity contribution in [3.63, 3.8) is 0 Å². The summed E-state index contributed by atoms with van der Waals surface area (Å²) in [6.07, 6.45) is 2.50. The number of benzene rings is 1. The zero-order chi connectivity index (χ0) is 8.84. The Morgan fingerprint density at radius 1 is 1.23 bits per heavy atom. The Labute approximate surface area is 81.9 Å². The van der Waals surface area contributed by atoms with E-state index in [1.165, 1.54) is 36.0 Å². The van der Waals surface area contributed by atoms with Gasteiger partial charge in [-0.05, 0) is 37.1 Å². The first-order valence-electron chi connectivity index (χ1n) is 4.62. The Balaban J connectivity index is 2.38. The third kappa shape index (κ3) is 1.00. The molecule has 2 aromatic rings. The Morgan fingerprint density at radius 2 is 2.15 bits per heavy atom. The molecule has 0 aliphatic carbocycles. The zero-order valence-electron chi connectivity index (χ0n) is 7.26. The molecule has 0 saturated carbocycles. The number of halogens is 1. The number of aromatic nitrogens is 1. The third-order valence-corrected chi connectivity index (χ3v) is 3.00. The Hall–Kier alpha value is -0.950. The number of fused-ring (bicyclic) bond motifs is 3. The smallest absolute Gasteiger partial charge is 0.0483 e. The molecule has 0 spiro atoms. The summed E-state index contributed by atoms with van der Waals surface area (Å²) in [5.74, 6) is 0. The van der Waals surface area contributed by atoms with Gasteiger partial charge in [-0.25, -0.2) is 0 Å². The molecule has 2 heterocycles. The number of nitrogens with zero attached hydrogens (tertiary/aromatic N) is 1. The maximum atomic E-state index is 5.93. The molecule has 0 amide bonds. The molecule has 3 rings (SSSR count). The molecule has 1 aliphatic heterocycles. The van der Waals surface area contributed by atoms with E-state index in [4.69, 9.17) is 11.6 Å². The molecule has 2 heteroatoms. The second-order valence-corrected chi connectivity index (χ2v) is 4.03. The van der Waals surface area contributed by atoms with Crippen molar-refractivity contribution in [1.29, 1.82) is 0 Å². The second kappa shape index (κ2) is 2.52. The van der Waals surface area contributed by atoms with Crippen LogP contribution >= 0.6 is 11.6 Å². The lowest BCUT2D eigenvalue weighted by atomic mass is 10.2. The molecule has 66 valence electrons. The molecule has 1 aromatic heterocycles. The van der Waals surface area contributed by atoms with Crippen LogP contribution in [0.25, 0.3) is 10.9 Å². The van der Waals surface area contributed by atoms with E-state index in [9.17, 15) is 0 Å². The summed E-state index contributed by atoms with van der Waals surface area (Å²) in [5.41, 5.74) is 2.79. The molecule has 1 nitrogen and oxygen atoms in total. The minimum atomic E-state index is 0.830. The van der Waals surface area contributed by atoms with Crippen molar-refractivity contribution in [1.82, 2.24) is 4.57 Å². The van der Waals surface area contributed by atoms with Crippen LogP contribution in [0, 0.1) is 0 Å². The van der Waals surface area contributed by atoms with Crippen LogP contribution in [0.3, 0.4) is 0 Å². The predicted octanol–water partition coefficient (Wildman–Crippen LogP) is 3.24. The van der Waals surface area contributed by atoms with E-state index in [1.54, 1.807) is 0 Å². The molecule has 13 heavy (non-hydrogen) atoms. The van der Waals surface area contributed by atoms with Gasteiger partial charge in [0.05, 0.1) is 0 Å². The van der Waals surface area contributed by atoms with Gasteiger partial charge in [-0.2, -0.15) is 0 Å². The highest BCUT2D eigenvalue weighted by Gasteiger charge is 2.13. The van der Waals surface area contributed by atoms with E-state index < -0.39 is 0 Å². The van der Waals surface area contributed by atoms with Gasteiger partial charge in [-0.15, -0.1) is 0 Å². The first kappa shape index (κ1) is 7.45. The maximum absolute atomic E-state index is 5.93. The normalized spacial score (nSPS) is 15.2. The molecular formula is C11H10ClN. The largest absolute Gasteiger partial charge is 0.345 e. The summed E-state index contributed by atoms with van der Waals surface area (Å²) in [6, 6.07) is 8.39. The van der Waals surface area contributed by atoms with Crippen LogP contribution in [0.5, 0.6) is 0 Å². The van der Waals surface area contributed by atoms with Gasteiger partial charge in [0.1, 0.15) is 0 Å². The van der Waals surface area contributed by atoms with Gasteiger partial charge in [-0.1, -0.05) is 11.6 Å². The van der Waals surface area contributed by atoms with Gasteiger partial charge < -0.3 is 4.57 Å². The molecule has 0 bridgehead atoms. The third-order valence-electron chi connectivity index (χ3n) is 2.76. The standard InChI is InChI=1S/C11H10ClN/c12-9-3-4-11-8(6-9)7-10-2-1-5-13(10)11/h3-4,6-7H,1-2,5H2. The monoisotopic (exact) mass is 191 g/mol. The zero-order valence-corrected chi connectivity index (χ0v) is 8.01. The Kier molecular flexibility index (Phi) is 1.44. The second-order valence-electron chi connectivity index (χ2n) is 3.59. The van der Waals surface area contributed by atoms with Crippen molar-refractivity contribution in [3.05, 3.63) is 35.0 Å². The maximum Gasteiger partial charge on any atom is 0.0483 e. The molecule has 0 fully saturated rings. The molecule has 1 aromatic carbocycles. The SMILES string of the molecule is Clc1ccc2c(c1)cc1n2CCC1. The van der Waals surface area contributed by atoms with Gasteiger partial charge in [-0.3, -0.25) is 0 Å². The van der Waals surface area contributed by atoms with Crippen LogP contribution in [0.2, 0.25) is 5.02 Å². The van der Waals surface area contributed by atoms with E-state index in [1.807, 2.05) is 12.1 Å². The lowest BCUT2D eigenvalue weighted by Gasteiger charge is -1.99. The van der Waals surface area contributed by atoms with Crippen LogP contribution in [0.4, 0.5) is 0 Å². The van der Waals surface area contributed by atoms with Crippen LogP contribution < -0.4 is 0 Å². The Morgan fingerprint density at radius 3 is 3.08 bits per heavy atom. The number of hydrogen-bond acceptors (Lipinski definition) is 0. The topological polar surface area (TPSA) is 4.93 Å². The summed E-state index contributed by atoms with van der Waals surface area (Å²) < 4.78 is 2.39. The number of rotatable bonds is 0. The summed E-state index contributed by atoms with van der Waals surface area (Å²) >= 11 is 5.93. The summed E-state index contributed by atoms with van der Waals surface area (Å²) in [5, 5.41) is 2.11. The van der Waals surface area contributed by atoms with Gasteiger partial charge in [0.15, 0.2) is 0 Å². The lowest BCUT2D eigenvalue weighted by Crippen LogP contribution is -1.89. The number of aryl methyl sites for hydroxylation is 2. The van der Waals surface area contributed by atoms with Crippen molar-refractivity contribution >= 4 is 22.5 Å². The highest BCUT2D eigenvalue weighted by molar-refractivity contribution is 6.31. The first-order chi connectivity index (χ1) is 6.34. The predicted molar refractivity (Wildman–Crippen MR) is 55.3 cm³/mol. The quantitative estimate of drug-likeness (QED) is 0.603. The fourth-order valence-corrected chi connectivity index (χ4v) is 2.37. The highest BCUT2D eigenvalue weighted by Crippen LogP contribution is 2.27. The van der Waals surface area contributed by atoms with Crippen molar-refractivity contribution in [2.45, 2.75) is 19.4 Å². The number of hydrogen-bond donors (Lipinski definition) is 0. The van der Waals surface area contributed by atoms with E-state index >= 15 is 0 Å².